The molecule has 2 saturated heterocycles. The lowest BCUT2D eigenvalue weighted by Gasteiger charge is -2.09. The van der Waals surface area contributed by atoms with Crippen LogP contribution in [0.1, 0.15) is 12.2 Å². The summed E-state index contributed by atoms with van der Waals surface area (Å²) in [4.78, 5) is 6.87. The SMILES string of the molecule is Clc1cc(CO/N=C2\C[NH+]3CCC2C3)on1. The quantitative estimate of drug-likeness (QED) is 0.766. The molecule has 2 fully saturated rings. The topological polar surface area (TPSA) is 52.1 Å². The van der Waals surface area contributed by atoms with Crippen molar-refractivity contribution in [1.82, 2.24) is 5.16 Å². The maximum absolute atomic E-state index is 5.62. The fourth-order valence-electron chi connectivity index (χ4n) is 2.42. The van der Waals surface area contributed by atoms with Crippen molar-refractivity contribution in [2.75, 3.05) is 19.6 Å². The highest BCUT2D eigenvalue weighted by Gasteiger charge is 2.39. The Hall–Kier alpha value is -1.07. The molecule has 0 spiro atoms. The molecular weight excluding hydrogens is 230 g/mol. The molecule has 1 aromatic rings. The lowest BCUT2D eigenvalue weighted by Crippen LogP contribution is -3.09. The van der Waals surface area contributed by atoms with E-state index in [1.54, 1.807) is 11.0 Å². The first-order valence-corrected chi connectivity index (χ1v) is 5.82. The van der Waals surface area contributed by atoms with Gasteiger partial charge in [0, 0.05) is 12.5 Å². The van der Waals surface area contributed by atoms with E-state index in [0.29, 0.717) is 23.4 Å². The molecule has 2 aliphatic rings. The van der Waals surface area contributed by atoms with E-state index in [-0.39, 0.29) is 0 Å². The predicted octanol–water partition coefficient (Wildman–Crippen LogP) is 0.119. The maximum Gasteiger partial charge on any atom is 0.178 e. The van der Waals surface area contributed by atoms with Crippen molar-refractivity contribution in [3.8, 4) is 0 Å². The summed E-state index contributed by atoms with van der Waals surface area (Å²) in [5.41, 5.74) is 1.19. The number of oxime groups is 1. The molecule has 3 rings (SSSR count). The first kappa shape index (κ1) is 10.1. The molecule has 3 heterocycles. The molecular formula is C10H13ClN3O2+. The van der Waals surface area contributed by atoms with Gasteiger partial charge in [-0.2, -0.15) is 0 Å². The van der Waals surface area contributed by atoms with Gasteiger partial charge >= 0.3 is 0 Å². The van der Waals surface area contributed by atoms with E-state index in [2.05, 4.69) is 10.3 Å². The first-order valence-electron chi connectivity index (χ1n) is 5.44. The van der Waals surface area contributed by atoms with Crippen LogP contribution in [0, 0.1) is 5.92 Å². The molecule has 0 amide bonds. The molecule has 2 unspecified atom stereocenters. The van der Waals surface area contributed by atoms with Gasteiger partial charge < -0.3 is 14.3 Å². The molecule has 16 heavy (non-hydrogen) atoms. The zero-order chi connectivity index (χ0) is 11.0. The third-order valence-corrected chi connectivity index (χ3v) is 3.38. The number of nitrogens with one attached hydrogen (secondary N) is 1. The highest BCUT2D eigenvalue weighted by Crippen LogP contribution is 2.13. The van der Waals surface area contributed by atoms with E-state index in [4.69, 9.17) is 21.0 Å². The van der Waals surface area contributed by atoms with E-state index < -0.39 is 0 Å². The van der Waals surface area contributed by atoms with Gasteiger partial charge in [-0.1, -0.05) is 21.9 Å². The number of quaternary nitrogens is 1. The Balaban J connectivity index is 1.55. The zero-order valence-corrected chi connectivity index (χ0v) is 9.54. The van der Waals surface area contributed by atoms with Crippen LogP contribution in [0.2, 0.25) is 5.15 Å². The standard InChI is InChI=1S/C10H12ClN3O2/c11-10-3-8(16-13-10)6-15-12-9-5-14-2-1-7(9)4-14/h3,7H,1-2,4-6H2/p+1/b12-9+. The Morgan fingerprint density at radius 1 is 1.69 bits per heavy atom. The predicted molar refractivity (Wildman–Crippen MR) is 57.4 cm³/mol. The summed E-state index contributed by atoms with van der Waals surface area (Å²) in [6.07, 6.45) is 1.24. The van der Waals surface area contributed by atoms with Crippen LogP contribution < -0.4 is 4.90 Å². The number of fused-ring (bicyclic) bond motifs is 2. The van der Waals surface area contributed by atoms with Gasteiger partial charge in [-0.15, -0.1) is 0 Å². The molecule has 1 N–H and O–H groups in total. The maximum atomic E-state index is 5.62. The highest BCUT2D eigenvalue weighted by molar-refractivity contribution is 6.29. The van der Waals surface area contributed by atoms with Gasteiger partial charge in [-0.3, -0.25) is 0 Å². The average Bonchev–Trinajstić information content (AvgIpc) is 2.94. The smallest absolute Gasteiger partial charge is 0.178 e. The van der Waals surface area contributed by atoms with Crippen LogP contribution in [-0.4, -0.2) is 30.5 Å². The third kappa shape index (κ3) is 1.92. The second-order valence-electron chi connectivity index (χ2n) is 4.34. The Morgan fingerprint density at radius 3 is 3.25 bits per heavy atom. The van der Waals surface area contributed by atoms with Gasteiger partial charge in [0.2, 0.25) is 0 Å². The summed E-state index contributed by atoms with van der Waals surface area (Å²) < 4.78 is 4.91. The van der Waals surface area contributed by atoms with E-state index in [1.165, 1.54) is 25.2 Å². The van der Waals surface area contributed by atoms with Crippen LogP contribution in [0.5, 0.6) is 0 Å². The van der Waals surface area contributed by atoms with Crippen LogP contribution in [0.25, 0.3) is 0 Å². The molecule has 0 radical (unpaired) electrons. The molecule has 2 aliphatic heterocycles. The summed E-state index contributed by atoms with van der Waals surface area (Å²) in [7, 11) is 0. The van der Waals surface area contributed by atoms with Gasteiger partial charge in [-0.05, 0) is 0 Å². The lowest BCUT2D eigenvalue weighted by atomic mass is 10.0. The molecule has 1 aromatic heterocycles. The second kappa shape index (κ2) is 4.07. The Labute approximate surface area is 98.0 Å². The number of aromatic nitrogens is 1. The Morgan fingerprint density at radius 2 is 2.62 bits per heavy atom. The van der Waals surface area contributed by atoms with Crippen molar-refractivity contribution in [2.45, 2.75) is 13.0 Å². The monoisotopic (exact) mass is 242 g/mol. The van der Waals surface area contributed by atoms with Crippen LogP contribution in [-0.2, 0) is 11.4 Å². The van der Waals surface area contributed by atoms with Crippen molar-refractivity contribution in [1.29, 1.82) is 0 Å². The van der Waals surface area contributed by atoms with Crippen molar-refractivity contribution in [2.24, 2.45) is 11.1 Å². The number of nitrogens with zero attached hydrogens (tertiary/aromatic N) is 2. The molecule has 0 saturated carbocycles. The number of piperidine rings is 1. The average molecular weight is 243 g/mol. The second-order valence-corrected chi connectivity index (χ2v) is 4.73. The van der Waals surface area contributed by atoms with Crippen molar-refractivity contribution in [3.63, 3.8) is 0 Å². The largest absolute Gasteiger partial charge is 0.387 e. The number of hydrogen-bond donors (Lipinski definition) is 1. The minimum Gasteiger partial charge on any atom is -0.387 e. The molecule has 6 heteroatoms. The summed E-state index contributed by atoms with van der Waals surface area (Å²) >= 11 is 5.62. The first-order chi connectivity index (χ1) is 7.81. The zero-order valence-electron chi connectivity index (χ0n) is 8.78. The van der Waals surface area contributed by atoms with Crippen LogP contribution in [0.3, 0.4) is 0 Å². The van der Waals surface area contributed by atoms with Crippen molar-refractivity contribution < 1.29 is 14.3 Å². The van der Waals surface area contributed by atoms with Crippen molar-refractivity contribution in [3.05, 3.63) is 17.0 Å². The number of halogens is 1. The van der Waals surface area contributed by atoms with Crippen LogP contribution in [0.15, 0.2) is 15.7 Å². The van der Waals surface area contributed by atoms with Gasteiger partial charge in [0.1, 0.15) is 12.3 Å². The van der Waals surface area contributed by atoms with Gasteiger partial charge in [0.05, 0.1) is 19.0 Å². The van der Waals surface area contributed by atoms with Crippen LogP contribution >= 0.6 is 11.6 Å². The minimum atomic E-state index is 0.297. The van der Waals surface area contributed by atoms with Gasteiger partial charge in [-0.25, -0.2) is 0 Å². The number of hydrogen-bond acceptors (Lipinski definition) is 4. The Kier molecular flexibility index (Phi) is 2.57. The van der Waals surface area contributed by atoms with E-state index in [0.717, 1.165) is 6.54 Å². The van der Waals surface area contributed by atoms with E-state index >= 15 is 0 Å². The highest BCUT2D eigenvalue weighted by atomic mass is 35.5. The summed E-state index contributed by atoms with van der Waals surface area (Å²) in [5, 5.41) is 8.09. The lowest BCUT2D eigenvalue weighted by molar-refractivity contribution is -0.873. The summed E-state index contributed by atoms with van der Waals surface area (Å²) in [6, 6.07) is 1.64. The summed E-state index contributed by atoms with van der Waals surface area (Å²) in [6.45, 7) is 3.82. The number of rotatable bonds is 3. The fourth-order valence-corrected chi connectivity index (χ4v) is 2.57. The van der Waals surface area contributed by atoms with E-state index in [1.807, 2.05) is 0 Å². The fraction of sp³-hybridized carbons (Fsp3) is 0.600. The van der Waals surface area contributed by atoms with Gasteiger partial charge in [0.25, 0.3) is 0 Å². The normalized spacial score (nSPS) is 30.2. The van der Waals surface area contributed by atoms with Crippen molar-refractivity contribution >= 4 is 17.3 Å². The molecule has 0 aromatic carbocycles. The molecule has 2 bridgehead atoms. The molecule has 2 atom stereocenters. The van der Waals surface area contributed by atoms with E-state index in [9.17, 15) is 0 Å². The summed E-state index contributed by atoms with van der Waals surface area (Å²) in [5.74, 6) is 1.23. The Bertz CT molecular complexity index is 418. The third-order valence-electron chi connectivity index (χ3n) is 3.20. The molecule has 0 aliphatic carbocycles. The molecule has 5 nitrogen and oxygen atoms in total. The van der Waals surface area contributed by atoms with Gasteiger partial charge in [0.15, 0.2) is 17.5 Å². The molecule has 86 valence electrons. The minimum absolute atomic E-state index is 0.297. The van der Waals surface area contributed by atoms with Crippen LogP contribution in [0.4, 0.5) is 0 Å².